The van der Waals surface area contributed by atoms with Crippen LogP contribution in [-0.2, 0) is 11.2 Å². The van der Waals surface area contributed by atoms with Crippen molar-refractivity contribution in [3.8, 4) is 5.75 Å². The topological polar surface area (TPSA) is 79.1 Å². The van der Waals surface area contributed by atoms with Crippen LogP contribution in [0.2, 0.25) is 0 Å². The average Bonchev–Trinajstić information content (AvgIpc) is 2.37. The normalized spacial score (nSPS) is 12.5. The van der Waals surface area contributed by atoms with Gasteiger partial charge in [0.25, 0.3) is 0 Å². The van der Waals surface area contributed by atoms with Crippen LogP contribution in [0.4, 0.5) is 0 Å². The Balaban J connectivity index is 2.56. The van der Waals surface area contributed by atoms with Crippen molar-refractivity contribution in [2.75, 3.05) is 0 Å². The molecule has 1 rings (SSSR count). The lowest BCUT2D eigenvalue weighted by molar-refractivity contribution is -0.145. The molecule has 1 atom stereocenters. The predicted molar refractivity (Wildman–Crippen MR) is 67.4 cm³/mol. The highest BCUT2D eigenvalue weighted by molar-refractivity contribution is 5.72. The van der Waals surface area contributed by atoms with Crippen LogP contribution in [0.1, 0.15) is 25.3 Å². The minimum Gasteiger partial charge on any atom is -0.479 e. The van der Waals surface area contributed by atoms with Crippen LogP contribution in [0.3, 0.4) is 0 Å². The highest BCUT2D eigenvalue weighted by atomic mass is 16.5. The molecule has 5 nitrogen and oxygen atoms in total. The van der Waals surface area contributed by atoms with Gasteiger partial charge < -0.3 is 15.1 Å². The van der Waals surface area contributed by atoms with Crippen LogP contribution in [0, 0.1) is 0 Å². The van der Waals surface area contributed by atoms with Gasteiger partial charge in [-0.1, -0.05) is 19.1 Å². The Morgan fingerprint density at radius 2 is 2.11 bits per heavy atom. The number of ether oxygens (including phenoxy) is 1. The maximum absolute atomic E-state index is 10.8. The van der Waals surface area contributed by atoms with Crippen molar-refractivity contribution in [3.05, 3.63) is 29.8 Å². The highest BCUT2D eigenvalue weighted by Crippen LogP contribution is 2.15. The summed E-state index contributed by atoms with van der Waals surface area (Å²) in [4.78, 5) is 10.8. The predicted octanol–water partition coefficient (Wildman–Crippen LogP) is 2.32. The molecule has 0 saturated carbocycles. The summed E-state index contributed by atoms with van der Waals surface area (Å²) in [6.45, 7) is 1.77. The van der Waals surface area contributed by atoms with Crippen molar-refractivity contribution in [2.24, 2.45) is 5.16 Å². The van der Waals surface area contributed by atoms with E-state index in [-0.39, 0.29) is 0 Å². The van der Waals surface area contributed by atoms with Gasteiger partial charge in [-0.05, 0) is 37.0 Å². The third-order valence-corrected chi connectivity index (χ3v) is 2.49. The highest BCUT2D eigenvalue weighted by Gasteiger charge is 2.16. The largest absolute Gasteiger partial charge is 0.479 e. The summed E-state index contributed by atoms with van der Waals surface area (Å²) in [6.07, 6.45) is 2.47. The summed E-state index contributed by atoms with van der Waals surface area (Å²) in [5.41, 5.74) is 1.07. The van der Waals surface area contributed by atoms with E-state index in [2.05, 4.69) is 5.16 Å². The van der Waals surface area contributed by atoms with Crippen molar-refractivity contribution in [3.63, 3.8) is 0 Å². The van der Waals surface area contributed by atoms with Crippen molar-refractivity contribution in [2.45, 2.75) is 32.3 Å². The second-order valence-corrected chi connectivity index (χ2v) is 3.83. The number of carboxylic acid groups (broad SMARTS) is 1. The molecular formula is C13H17NO4. The lowest BCUT2D eigenvalue weighted by Crippen LogP contribution is -2.25. The molecule has 18 heavy (non-hydrogen) atoms. The van der Waals surface area contributed by atoms with Gasteiger partial charge in [0.15, 0.2) is 6.10 Å². The summed E-state index contributed by atoms with van der Waals surface area (Å²) < 4.78 is 5.34. The van der Waals surface area contributed by atoms with Crippen LogP contribution < -0.4 is 4.74 Å². The average molecular weight is 251 g/mol. The lowest BCUT2D eigenvalue weighted by atomic mass is 10.1. The van der Waals surface area contributed by atoms with Gasteiger partial charge in [0.2, 0.25) is 0 Å². The molecule has 0 fully saturated rings. The van der Waals surface area contributed by atoms with E-state index in [0.29, 0.717) is 18.6 Å². The van der Waals surface area contributed by atoms with Crippen LogP contribution >= 0.6 is 0 Å². The molecule has 5 heteroatoms. The van der Waals surface area contributed by atoms with Gasteiger partial charge in [-0.15, -0.1) is 5.16 Å². The zero-order valence-corrected chi connectivity index (χ0v) is 10.2. The Morgan fingerprint density at radius 1 is 1.44 bits per heavy atom. The fourth-order valence-electron chi connectivity index (χ4n) is 1.50. The van der Waals surface area contributed by atoms with Gasteiger partial charge in [-0.25, -0.2) is 4.79 Å². The van der Waals surface area contributed by atoms with Crippen molar-refractivity contribution in [1.29, 1.82) is 0 Å². The fraction of sp³-hybridized carbons (Fsp3) is 0.385. The molecule has 1 aromatic carbocycles. The van der Waals surface area contributed by atoms with Gasteiger partial charge in [0.1, 0.15) is 5.75 Å². The molecule has 0 radical (unpaired) electrons. The molecule has 1 unspecified atom stereocenters. The quantitative estimate of drug-likeness (QED) is 0.443. The third kappa shape index (κ3) is 4.45. The number of carbonyl (C=O) groups is 1. The van der Waals surface area contributed by atoms with Gasteiger partial charge in [-0.3, -0.25) is 0 Å². The molecule has 0 aromatic heterocycles. The lowest BCUT2D eigenvalue weighted by Gasteiger charge is -2.13. The van der Waals surface area contributed by atoms with E-state index in [4.69, 9.17) is 15.1 Å². The van der Waals surface area contributed by atoms with E-state index in [0.717, 1.165) is 12.0 Å². The molecule has 0 aliphatic carbocycles. The molecular weight excluding hydrogens is 234 g/mol. The van der Waals surface area contributed by atoms with Crippen LogP contribution in [-0.4, -0.2) is 28.6 Å². The number of hydrogen-bond donors (Lipinski definition) is 2. The SMILES string of the molecule is CCC(Oc1ccc(CCC=NO)cc1)C(=O)O. The molecule has 98 valence electrons. The first-order valence-electron chi connectivity index (χ1n) is 5.81. The summed E-state index contributed by atoms with van der Waals surface area (Å²) in [5, 5.41) is 20.1. The number of carboxylic acids is 1. The minimum atomic E-state index is -0.958. The fourth-order valence-corrected chi connectivity index (χ4v) is 1.50. The minimum absolute atomic E-state index is 0.421. The zero-order chi connectivity index (χ0) is 13.4. The van der Waals surface area contributed by atoms with Crippen LogP contribution in [0.15, 0.2) is 29.4 Å². The molecule has 0 aliphatic rings. The van der Waals surface area contributed by atoms with E-state index in [1.165, 1.54) is 6.21 Å². The number of aryl methyl sites for hydroxylation is 1. The first kappa shape index (κ1) is 14.0. The molecule has 0 heterocycles. The maximum atomic E-state index is 10.8. The molecule has 0 bridgehead atoms. The summed E-state index contributed by atoms with van der Waals surface area (Å²) in [5.74, 6) is -0.412. The van der Waals surface area contributed by atoms with E-state index >= 15 is 0 Å². The summed E-state index contributed by atoms with van der Waals surface area (Å²) in [7, 11) is 0. The standard InChI is InChI=1S/C13H17NO4/c1-2-12(13(15)16)18-11-7-5-10(6-8-11)4-3-9-14-17/h5-9,12,17H,2-4H2,1H3,(H,15,16). The Labute approximate surface area is 106 Å². The van der Waals surface area contributed by atoms with Gasteiger partial charge in [0.05, 0.1) is 0 Å². The molecule has 0 aliphatic heterocycles. The van der Waals surface area contributed by atoms with Gasteiger partial charge >= 0.3 is 5.97 Å². The number of aliphatic carboxylic acids is 1. The van der Waals surface area contributed by atoms with Gasteiger partial charge in [-0.2, -0.15) is 0 Å². The second-order valence-electron chi connectivity index (χ2n) is 3.83. The smallest absolute Gasteiger partial charge is 0.344 e. The Bertz CT molecular complexity index is 400. The van der Waals surface area contributed by atoms with Gasteiger partial charge in [0, 0.05) is 6.21 Å². The summed E-state index contributed by atoms with van der Waals surface area (Å²) >= 11 is 0. The van der Waals surface area contributed by atoms with E-state index in [9.17, 15) is 4.79 Å². The maximum Gasteiger partial charge on any atom is 0.344 e. The number of hydrogen-bond acceptors (Lipinski definition) is 4. The van der Waals surface area contributed by atoms with E-state index in [1.807, 2.05) is 12.1 Å². The van der Waals surface area contributed by atoms with E-state index < -0.39 is 12.1 Å². The number of benzene rings is 1. The van der Waals surface area contributed by atoms with Crippen molar-refractivity contribution in [1.82, 2.24) is 0 Å². The summed E-state index contributed by atoms with van der Waals surface area (Å²) in [6, 6.07) is 7.23. The van der Waals surface area contributed by atoms with E-state index in [1.54, 1.807) is 19.1 Å². The third-order valence-electron chi connectivity index (χ3n) is 2.49. The Kier molecular flexibility index (Phi) is 5.70. The van der Waals surface area contributed by atoms with Crippen molar-refractivity contribution >= 4 is 12.2 Å². The Hall–Kier alpha value is -2.04. The number of nitrogens with zero attached hydrogens (tertiary/aromatic N) is 1. The first-order chi connectivity index (χ1) is 8.67. The van der Waals surface area contributed by atoms with Crippen molar-refractivity contribution < 1.29 is 19.8 Å². The first-order valence-corrected chi connectivity index (χ1v) is 5.81. The molecule has 0 saturated heterocycles. The monoisotopic (exact) mass is 251 g/mol. The Morgan fingerprint density at radius 3 is 2.61 bits per heavy atom. The van der Waals surface area contributed by atoms with Crippen LogP contribution in [0.25, 0.3) is 0 Å². The van der Waals surface area contributed by atoms with Crippen LogP contribution in [0.5, 0.6) is 5.75 Å². The molecule has 1 aromatic rings. The molecule has 0 amide bonds. The zero-order valence-electron chi connectivity index (χ0n) is 10.2. The number of oxime groups is 1. The number of rotatable bonds is 7. The molecule has 2 N–H and O–H groups in total. The molecule has 0 spiro atoms. The second kappa shape index (κ2) is 7.32.